The van der Waals surface area contributed by atoms with Gasteiger partial charge in [0, 0.05) is 17.5 Å². The molecule has 124 valence electrons. The van der Waals surface area contributed by atoms with Crippen molar-refractivity contribution >= 4 is 22.3 Å². The van der Waals surface area contributed by atoms with Crippen LogP contribution in [0, 0.1) is 5.82 Å². The second-order valence-electron chi connectivity index (χ2n) is 4.93. The summed E-state index contributed by atoms with van der Waals surface area (Å²) in [6.07, 6.45) is -3.01. The van der Waals surface area contributed by atoms with Gasteiger partial charge in [-0.1, -0.05) is 18.2 Å². The molecule has 2 heterocycles. The van der Waals surface area contributed by atoms with Crippen LogP contribution in [0.5, 0.6) is 0 Å². The fourth-order valence-corrected chi connectivity index (χ4v) is 3.10. The molecule has 0 amide bonds. The molecule has 0 bridgehead atoms. The second kappa shape index (κ2) is 6.56. The van der Waals surface area contributed by atoms with Gasteiger partial charge in [0.05, 0.1) is 0 Å². The number of hydrogen-bond acceptors (Lipinski definition) is 4. The summed E-state index contributed by atoms with van der Waals surface area (Å²) in [7, 11) is 0. The number of alkyl halides is 3. The summed E-state index contributed by atoms with van der Waals surface area (Å²) in [5, 5.41) is 2.88. The summed E-state index contributed by atoms with van der Waals surface area (Å²) in [5.74, 6) is -0.0232. The summed E-state index contributed by atoms with van der Waals surface area (Å²) < 4.78 is 52.6. The molecular weight excluding hydrogens is 342 g/mol. The predicted octanol–water partition coefficient (Wildman–Crippen LogP) is 5.03. The Hall–Kier alpha value is -2.48. The summed E-state index contributed by atoms with van der Waals surface area (Å²) in [5.41, 5.74) is -0.356. The Bertz CT molecular complexity index is 814. The summed E-state index contributed by atoms with van der Waals surface area (Å²) in [4.78, 5) is 7.72. The van der Waals surface area contributed by atoms with Crippen molar-refractivity contribution in [2.45, 2.75) is 12.6 Å². The van der Waals surface area contributed by atoms with Crippen molar-refractivity contribution in [3.8, 4) is 0 Å². The Kier molecular flexibility index (Phi) is 4.48. The standard InChI is InChI=1S/C16H11F4N3S/c17-11-6-4-10(5-7-11)9-12-14(16(18,19)20)23-15(24-12)22-13-3-1-2-8-21-13/h1-8H,9H2,(H,21,22,23). The van der Waals surface area contributed by atoms with Gasteiger partial charge in [-0.25, -0.2) is 14.4 Å². The molecule has 0 aliphatic heterocycles. The van der Waals surface area contributed by atoms with Crippen molar-refractivity contribution in [2.75, 3.05) is 5.32 Å². The number of anilines is 2. The van der Waals surface area contributed by atoms with Gasteiger partial charge in [0.2, 0.25) is 0 Å². The zero-order valence-electron chi connectivity index (χ0n) is 12.1. The van der Waals surface area contributed by atoms with Crippen LogP contribution in [0.1, 0.15) is 16.1 Å². The first kappa shape index (κ1) is 16.4. The highest BCUT2D eigenvalue weighted by Gasteiger charge is 2.37. The highest BCUT2D eigenvalue weighted by molar-refractivity contribution is 7.15. The van der Waals surface area contributed by atoms with Crippen LogP contribution in [-0.2, 0) is 12.6 Å². The minimum Gasteiger partial charge on any atom is -0.316 e. The largest absolute Gasteiger partial charge is 0.434 e. The van der Waals surface area contributed by atoms with Crippen molar-refractivity contribution in [3.63, 3.8) is 0 Å². The van der Waals surface area contributed by atoms with Crippen molar-refractivity contribution in [1.29, 1.82) is 0 Å². The van der Waals surface area contributed by atoms with Crippen LogP contribution in [0.25, 0.3) is 0 Å². The van der Waals surface area contributed by atoms with Gasteiger partial charge in [-0.2, -0.15) is 13.2 Å². The third-order valence-corrected chi connectivity index (χ3v) is 4.11. The number of nitrogens with one attached hydrogen (secondary N) is 1. The van der Waals surface area contributed by atoms with E-state index in [1.807, 2.05) is 0 Å². The van der Waals surface area contributed by atoms with Crippen molar-refractivity contribution in [1.82, 2.24) is 9.97 Å². The number of pyridine rings is 1. The predicted molar refractivity (Wildman–Crippen MR) is 83.8 cm³/mol. The highest BCUT2D eigenvalue weighted by Crippen LogP contribution is 2.37. The number of halogens is 4. The molecule has 0 unspecified atom stereocenters. The van der Waals surface area contributed by atoms with Gasteiger partial charge in [-0.15, -0.1) is 11.3 Å². The summed E-state index contributed by atoms with van der Waals surface area (Å²) in [6.45, 7) is 0. The molecule has 3 nitrogen and oxygen atoms in total. The second-order valence-corrected chi connectivity index (χ2v) is 6.02. The average molecular weight is 353 g/mol. The monoisotopic (exact) mass is 353 g/mol. The number of nitrogens with zero attached hydrogens (tertiary/aromatic N) is 2. The maximum absolute atomic E-state index is 13.2. The van der Waals surface area contributed by atoms with E-state index in [9.17, 15) is 17.6 Å². The first-order chi connectivity index (χ1) is 11.4. The highest BCUT2D eigenvalue weighted by atomic mass is 32.1. The van der Waals surface area contributed by atoms with Gasteiger partial charge >= 0.3 is 6.18 Å². The SMILES string of the molecule is Fc1ccc(Cc2sc(Nc3ccccn3)nc2C(F)(F)F)cc1. The Morgan fingerprint density at radius 2 is 1.79 bits per heavy atom. The topological polar surface area (TPSA) is 37.8 Å². The van der Waals surface area contributed by atoms with Crippen LogP contribution >= 0.6 is 11.3 Å². The van der Waals surface area contributed by atoms with Gasteiger partial charge in [-0.3, -0.25) is 0 Å². The molecule has 8 heteroatoms. The normalized spacial score (nSPS) is 11.5. The Labute approximate surface area is 139 Å². The van der Waals surface area contributed by atoms with Gasteiger partial charge in [-0.05, 0) is 29.8 Å². The van der Waals surface area contributed by atoms with E-state index in [-0.39, 0.29) is 16.4 Å². The van der Waals surface area contributed by atoms with Gasteiger partial charge in [0.25, 0.3) is 0 Å². The molecule has 0 atom stereocenters. The van der Waals surface area contributed by atoms with E-state index < -0.39 is 17.7 Å². The number of benzene rings is 1. The smallest absolute Gasteiger partial charge is 0.316 e. The van der Waals surface area contributed by atoms with E-state index in [4.69, 9.17) is 0 Å². The molecule has 0 fully saturated rings. The van der Waals surface area contributed by atoms with Crippen LogP contribution in [0.2, 0.25) is 0 Å². The lowest BCUT2D eigenvalue weighted by atomic mass is 10.1. The molecule has 3 aromatic rings. The minimum absolute atomic E-state index is 0.0245. The molecule has 1 N–H and O–H groups in total. The zero-order valence-corrected chi connectivity index (χ0v) is 13.0. The number of rotatable bonds is 4. The van der Waals surface area contributed by atoms with Crippen molar-refractivity contribution < 1.29 is 17.6 Å². The molecule has 0 radical (unpaired) electrons. The average Bonchev–Trinajstić information content (AvgIpc) is 2.93. The van der Waals surface area contributed by atoms with E-state index in [0.29, 0.717) is 11.4 Å². The fraction of sp³-hybridized carbons (Fsp3) is 0.125. The Balaban J connectivity index is 1.90. The molecule has 0 saturated carbocycles. The molecule has 2 aromatic heterocycles. The van der Waals surface area contributed by atoms with Crippen molar-refractivity contribution in [3.05, 3.63) is 70.6 Å². The van der Waals surface area contributed by atoms with E-state index in [1.54, 1.807) is 18.2 Å². The van der Waals surface area contributed by atoms with E-state index in [0.717, 1.165) is 11.3 Å². The molecule has 24 heavy (non-hydrogen) atoms. The maximum atomic E-state index is 13.2. The quantitative estimate of drug-likeness (QED) is 0.669. The number of thiazole rings is 1. The lowest BCUT2D eigenvalue weighted by Gasteiger charge is -2.06. The minimum atomic E-state index is -4.56. The van der Waals surface area contributed by atoms with Crippen LogP contribution in [0.15, 0.2) is 48.7 Å². The molecular formula is C16H11F4N3S. The van der Waals surface area contributed by atoms with Crippen LogP contribution in [-0.4, -0.2) is 9.97 Å². The Morgan fingerprint density at radius 3 is 2.42 bits per heavy atom. The molecule has 0 spiro atoms. The van der Waals surface area contributed by atoms with Crippen LogP contribution < -0.4 is 5.32 Å². The zero-order chi connectivity index (χ0) is 17.2. The Morgan fingerprint density at radius 1 is 1.04 bits per heavy atom. The van der Waals surface area contributed by atoms with E-state index in [2.05, 4.69) is 15.3 Å². The molecule has 3 rings (SSSR count). The first-order valence-corrected chi connectivity index (χ1v) is 7.73. The van der Waals surface area contributed by atoms with Crippen molar-refractivity contribution in [2.24, 2.45) is 0 Å². The van der Waals surface area contributed by atoms with Crippen LogP contribution in [0.4, 0.5) is 28.5 Å². The van der Waals surface area contributed by atoms with Gasteiger partial charge in [0.15, 0.2) is 10.8 Å². The molecule has 0 aliphatic carbocycles. The fourth-order valence-electron chi connectivity index (χ4n) is 2.08. The molecule has 0 aliphatic rings. The third-order valence-electron chi connectivity index (χ3n) is 3.14. The van der Waals surface area contributed by atoms with Crippen LogP contribution in [0.3, 0.4) is 0 Å². The summed E-state index contributed by atoms with van der Waals surface area (Å²) >= 11 is 0.904. The van der Waals surface area contributed by atoms with Gasteiger partial charge < -0.3 is 5.32 Å². The lowest BCUT2D eigenvalue weighted by molar-refractivity contribution is -0.141. The first-order valence-electron chi connectivity index (χ1n) is 6.91. The van der Waals surface area contributed by atoms with E-state index >= 15 is 0 Å². The lowest BCUT2D eigenvalue weighted by Crippen LogP contribution is -2.09. The number of hydrogen-bond donors (Lipinski definition) is 1. The van der Waals surface area contributed by atoms with Gasteiger partial charge in [0.1, 0.15) is 11.6 Å². The van der Waals surface area contributed by atoms with E-state index in [1.165, 1.54) is 30.5 Å². The molecule has 0 saturated heterocycles. The molecule has 1 aromatic carbocycles. The third kappa shape index (κ3) is 3.88. The number of aromatic nitrogens is 2. The summed E-state index contributed by atoms with van der Waals surface area (Å²) in [6, 6.07) is 10.4. The maximum Gasteiger partial charge on any atom is 0.434 e.